The molecule has 4 nitrogen and oxygen atoms in total. The molecular weight excluding hydrogens is 290 g/mol. The molecule has 0 radical (unpaired) electrons. The Morgan fingerprint density at radius 1 is 1.31 bits per heavy atom. The van der Waals surface area contributed by atoms with Gasteiger partial charge in [0.05, 0.1) is 11.1 Å². The van der Waals surface area contributed by atoms with E-state index in [2.05, 4.69) is 25.9 Å². The van der Waals surface area contributed by atoms with Crippen molar-refractivity contribution in [2.24, 2.45) is 0 Å². The standard InChI is InChI=1S/C10H8BrN3OS/c11-6-1-3-7(4-2-6)16-8-5-13-10(12)14-9(8)15/h1-5H,(H3,12,13,14,15). The van der Waals surface area contributed by atoms with E-state index in [1.54, 1.807) is 0 Å². The maximum absolute atomic E-state index is 11.5. The Hall–Kier alpha value is -1.27. The van der Waals surface area contributed by atoms with Crippen molar-refractivity contribution in [3.8, 4) is 0 Å². The number of aromatic amines is 1. The van der Waals surface area contributed by atoms with Gasteiger partial charge in [-0.25, -0.2) is 4.98 Å². The summed E-state index contributed by atoms with van der Waals surface area (Å²) in [6.07, 6.45) is 1.47. The van der Waals surface area contributed by atoms with Gasteiger partial charge in [-0.15, -0.1) is 0 Å². The predicted octanol–water partition coefficient (Wildman–Crippen LogP) is 2.27. The number of nitrogen functional groups attached to an aromatic ring is 1. The number of H-pyrrole nitrogens is 1. The van der Waals surface area contributed by atoms with Gasteiger partial charge in [-0.2, -0.15) is 0 Å². The normalized spacial score (nSPS) is 10.3. The van der Waals surface area contributed by atoms with Crippen LogP contribution in [0.1, 0.15) is 0 Å². The van der Waals surface area contributed by atoms with E-state index in [9.17, 15) is 4.79 Å². The van der Waals surface area contributed by atoms with Crippen molar-refractivity contribution < 1.29 is 0 Å². The Balaban J connectivity index is 2.27. The third-order valence-electron chi connectivity index (χ3n) is 1.83. The second kappa shape index (κ2) is 4.71. The number of hydrogen-bond acceptors (Lipinski definition) is 4. The van der Waals surface area contributed by atoms with E-state index in [0.717, 1.165) is 9.37 Å². The zero-order valence-electron chi connectivity index (χ0n) is 8.11. The molecule has 0 amide bonds. The van der Waals surface area contributed by atoms with Gasteiger partial charge in [-0.1, -0.05) is 27.7 Å². The Bertz CT molecular complexity index is 553. The number of benzene rings is 1. The van der Waals surface area contributed by atoms with Crippen molar-refractivity contribution in [1.29, 1.82) is 0 Å². The van der Waals surface area contributed by atoms with Crippen LogP contribution in [0.4, 0.5) is 5.95 Å². The summed E-state index contributed by atoms with van der Waals surface area (Å²) >= 11 is 4.70. The quantitative estimate of drug-likeness (QED) is 0.892. The molecule has 1 heterocycles. The minimum Gasteiger partial charge on any atom is -0.369 e. The monoisotopic (exact) mass is 297 g/mol. The van der Waals surface area contributed by atoms with Gasteiger partial charge >= 0.3 is 0 Å². The largest absolute Gasteiger partial charge is 0.369 e. The van der Waals surface area contributed by atoms with Crippen LogP contribution in [0.3, 0.4) is 0 Å². The predicted molar refractivity (Wildman–Crippen MR) is 67.5 cm³/mol. The molecule has 1 aromatic carbocycles. The average Bonchev–Trinajstić information content (AvgIpc) is 2.25. The molecule has 1 aromatic heterocycles. The van der Waals surface area contributed by atoms with E-state index in [-0.39, 0.29) is 11.5 Å². The number of nitrogens with one attached hydrogen (secondary N) is 1. The van der Waals surface area contributed by atoms with Crippen LogP contribution in [0.15, 0.2) is 49.5 Å². The molecule has 0 spiro atoms. The number of rotatable bonds is 2. The van der Waals surface area contributed by atoms with Crippen LogP contribution >= 0.6 is 27.7 Å². The van der Waals surface area contributed by atoms with Crippen LogP contribution in [0.5, 0.6) is 0 Å². The lowest BCUT2D eigenvalue weighted by molar-refractivity contribution is 1.06. The highest BCUT2D eigenvalue weighted by Gasteiger charge is 2.03. The number of hydrogen-bond donors (Lipinski definition) is 2. The van der Waals surface area contributed by atoms with Gasteiger partial charge in [-0.05, 0) is 24.3 Å². The summed E-state index contributed by atoms with van der Waals surface area (Å²) in [6, 6.07) is 7.68. The fourth-order valence-corrected chi connectivity index (χ4v) is 2.14. The second-order valence-electron chi connectivity index (χ2n) is 3.02. The number of aromatic nitrogens is 2. The van der Waals surface area contributed by atoms with Gasteiger partial charge in [0, 0.05) is 9.37 Å². The lowest BCUT2D eigenvalue weighted by Gasteiger charge is -2.00. The van der Waals surface area contributed by atoms with Gasteiger partial charge in [0.2, 0.25) is 0 Å². The Labute approximate surface area is 104 Å². The number of halogens is 1. The van der Waals surface area contributed by atoms with Gasteiger partial charge in [0.25, 0.3) is 5.56 Å². The average molecular weight is 298 g/mol. The van der Waals surface area contributed by atoms with Crippen molar-refractivity contribution in [3.63, 3.8) is 0 Å². The van der Waals surface area contributed by atoms with Crippen LogP contribution in [0.2, 0.25) is 0 Å². The van der Waals surface area contributed by atoms with Gasteiger partial charge in [-0.3, -0.25) is 9.78 Å². The lowest BCUT2D eigenvalue weighted by Crippen LogP contribution is -2.11. The van der Waals surface area contributed by atoms with E-state index in [1.165, 1.54) is 18.0 Å². The molecule has 0 atom stereocenters. The van der Waals surface area contributed by atoms with Gasteiger partial charge in [0.1, 0.15) is 0 Å². The summed E-state index contributed by atoms with van der Waals surface area (Å²) in [5.41, 5.74) is 5.14. The van der Waals surface area contributed by atoms with Crippen molar-refractivity contribution >= 4 is 33.6 Å². The molecule has 0 aliphatic heterocycles. The van der Waals surface area contributed by atoms with E-state index in [0.29, 0.717) is 4.90 Å². The second-order valence-corrected chi connectivity index (χ2v) is 5.05. The van der Waals surface area contributed by atoms with Crippen LogP contribution in [-0.4, -0.2) is 9.97 Å². The van der Waals surface area contributed by atoms with E-state index in [1.807, 2.05) is 24.3 Å². The molecule has 3 N–H and O–H groups in total. The van der Waals surface area contributed by atoms with E-state index >= 15 is 0 Å². The minimum absolute atomic E-state index is 0.130. The fraction of sp³-hybridized carbons (Fsp3) is 0. The molecule has 2 rings (SSSR count). The highest BCUT2D eigenvalue weighted by atomic mass is 79.9. The summed E-state index contributed by atoms with van der Waals surface area (Å²) in [5.74, 6) is 0.130. The molecule has 0 saturated carbocycles. The molecule has 0 saturated heterocycles. The molecule has 0 bridgehead atoms. The fourth-order valence-electron chi connectivity index (χ4n) is 1.10. The highest BCUT2D eigenvalue weighted by molar-refractivity contribution is 9.10. The molecule has 6 heteroatoms. The van der Waals surface area contributed by atoms with Crippen molar-refractivity contribution in [2.45, 2.75) is 9.79 Å². The molecule has 2 aromatic rings. The molecule has 82 valence electrons. The first-order chi connectivity index (χ1) is 7.65. The third kappa shape index (κ3) is 2.65. The van der Waals surface area contributed by atoms with Crippen LogP contribution in [0.25, 0.3) is 0 Å². The molecule has 0 aliphatic carbocycles. The topological polar surface area (TPSA) is 71.8 Å². The third-order valence-corrected chi connectivity index (χ3v) is 3.37. The smallest absolute Gasteiger partial charge is 0.266 e. The van der Waals surface area contributed by atoms with Gasteiger partial charge < -0.3 is 5.73 Å². The molecule has 0 fully saturated rings. The van der Waals surface area contributed by atoms with Gasteiger partial charge in [0.15, 0.2) is 5.95 Å². The van der Waals surface area contributed by atoms with Crippen molar-refractivity contribution in [3.05, 3.63) is 45.3 Å². The van der Waals surface area contributed by atoms with Crippen LogP contribution in [0, 0.1) is 0 Å². The first kappa shape index (κ1) is 11.2. The number of anilines is 1. The van der Waals surface area contributed by atoms with E-state index < -0.39 is 0 Å². The Kier molecular flexibility index (Phi) is 3.31. The first-order valence-electron chi connectivity index (χ1n) is 4.43. The SMILES string of the molecule is Nc1ncc(Sc2ccc(Br)cc2)c(=O)[nH]1. The number of nitrogens with zero attached hydrogens (tertiary/aromatic N) is 1. The zero-order valence-corrected chi connectivity index (χ0v) is 10.5. The molecular formula is C10H8BrN3OS. The summed E-state index contributed by atoms with van der Waals surface area (Å²) < 4.78 is 1.00. The van der Waals surface area contributed by atoms with Crippen molar-refractivity contribution in [2.75, 3.05) is 5.73 Å². The van der Waals surface area contributed by atoms with Crippen LogP contribution < -0.4 is 11.3 Å². The molecule has 0 aliphatic rings. The molecule has 16 heavy (non-hydrogen) atoms. The maximum atomic E-state index is 11.5. The maximum Gasteiger partial charge on any atom is 0.266 e. The Morgan fingerprint density at radius 3 is 2.62 bits per heavy atom. The summed E-state index contributed by atoms with van der Waals surface area (Å²) in [7, 11) is 0. The van der Waals surface area contributed by atoms with Crippen molar-refractivity contribution in [1.82, 2.24) is 9.97 Å². The Morgan fingerprint density at radius 2 is 2.00 bits per heavy atom. The zero-order chi connectivity index (χ0) is 11.5. The number of nitrogens with two attached hydrogens (primary N) is 1. The minimum atomic E-state index is -0.222. The summed E-state index contributed by atoms with van der Waals surface area (Å²) in [5, 5.41) is 0. The summed E-state index contributed by atoms with van der Waals surface area (Å²) in [4.78, 5) is 19.3. The lowest BCUT2D eigenvalue weighted by atomic mass is 10.4. The van der Waals surface area contributed by atoms with E-state index in [4.69, 9.17) is 5.73 Å². The van der Waals surface area contributed by atoms with Crippen LogP contribution in [-0.2, 0) is 0 Å². The highest BCUT2D eigenvalue weighted by Crippen LogP contribution is 2.25. The summed E-state index contributed by atoms with van der Waals surface area (Å²) in [6.45, 7) is 0. The molecule has 0 unspecified atom stereocenters. The first-order valence-corrected chi connectivity index (χ1v) is 6.04.